The lowest BCUT2D eigenvalue weighted by Crippen LogP contribution is -2.57. The van der Waals surface area contributed by atoms with Crippen LogP contribution in [0.1, 0.15) is 30.5 Å². The van der Waals surface area contributed by atoms with Crippen molar-refractivity contribution in [2.75, 3.05) is 49.3 Å². The molecule has 2 atom stereocenters. The number of carbonyl (C=O) groups excluding carboxylic acids is 1. The first-order chi connectivity index (χ1) is 24.7. The molecule has 0 saturated carbocycles. The van der Waals surface area contributed by atoms with Crippen LogP contribution in [-0.2, 0) is 36.2 Å². The van der Waals surface area contributed by atoms with E-state index in [4.69, 9.17) is 37.8 Å². The van der Waals surface area contributed by atoms with Crippen LogP contribution < -0.4 is 18.9 Å². The molecular formula is C35H41Cl2FN4O9S2. The van der Waals surface area contributed by atoms with Crippen LogP contribution in [0.4, 0.5) is 15.8 Å². The van der Waals surface area contributed by atoms with Crippen LogP contribution in [0, 0.1) is 5.82 Å². The number of piperazine rings is 1. The molecule has 0 radical (unpaired) electrons. The number of sulfonamides is 2. The highest BCUT2D eigenvalue weighted by Gasteiger charge is 2.31. The number of halogens is 3. The van der Waals surface area contributed by atoms with Gasteiger partial charge in [-0.1, -0.05) is 35.3 Å². The third-order valence-electron chi connectivity index (χ3n) is 7.75. The largest absolute Gasteiger partial charge is 0.495 e. The molecule has 4 rings (SSSR count). The van der Waals surface area contributed by atoms with E-state index in [0.717, 1.165) is 24.2 Å². The number of nitrogens with zero attached hydrogens (tertiary/aromatic N) is 2. The molecule has 1 fully saturated rings. The van der Waals surface area contributed by atoms with Gasteiger partial charge in [0.1, 0.15) is 17.3 Å². The van der Waals surface area contributed by atoms with Crippen LogP contribution in [-0.4, -0.2) is 95.5 Å². The average Bonchev–Trinajstić information content (AvgIpc) is 3.05. The van der Waals surface area contributed by atoms with Crippen LogP contribution in [0.2, 0.25) is 10.0 Å². The van der Waals surface area contributed by atoms with E-state index in [2.05, 4.69) is 21.3 Å². The summed E-state index contributed by atoms with van der Waals surface area (Å²) in [5, 5.41) is 9.05. The van der Waals surface area contributed by atoms with E-state index < -0.39 is 26.0 Å². The van der Waals surface area contributed by atoms with Crippen LogP contribution in [0.25, 0.3) is 12.2 Å². The number of methoxy groups -OCH3 is 2. The molecule has 53 heavy (non-hydrogen) atoms. The summed E-state index contributed by atoms with van der Waals surface area (Å²) in [6.45, 7) is 5.92. The van der Waals surface area contributed by atoms with E-state index in [0.29, 0.717) is 42.3 Å². The van der Waals surface area contributed by atoms with Crippen molar-refractivity contribution in [2.24, 2.45) is 0 Å². The van der Waals surface area contributed by atoms with E-state index >= 15 is 0 Å². The van der Waals surface area contributed by atoms with Crippen molar-refractivity contribution in [2.45, 2.75) is 32.5 Å². The highest BCUT2D eigenvalue weighted by Crippen LogP contribution is 2.33. The first-order valence-electron chi connectivity index (χ1n) is 15.8. The summed E-state index contributed by atoms with van der Waals surface area (Å²) in [6.07, 6.45) is 7.13. The highest BCUT2D eigenvalue weighted by atomic mass is 35.5. The van der Waals surface area contributed by atoms with Gasteiger partial charge in [-0.2, -0.15) is 0 Å². The Morgan fingerprint density at radius 3 is 1.74 bits per heavy atom. The molecule has 0 aliphatic carbocycles. The van der Waals surface area contributed by atoms with Crippen molar-refractivity contribution in [3.05, 3.63) is 93.2 Å². The van der Waals surface area contributed by atoms with Gasteiger partial charge in [0.25, 0.3) is 0 Å². The molecule has 1 aliphatic heterocycles. The van der Waals surface area contributed by atoms with Gasteiger partial charge in [0.05, 0.1) is 48.2 Å². The number of hydrogen-bond donors (Lipinski definition) is 3. The van der Waals surface area contributed by atoms with Crippen LogP contribution >= 0.6 is 23.2 Å². The summed E-state index contributed by atoms with van der Waals surface area (Å²) in [4.78, 5) is 27.6. The summed E-state index contributed by atoms with van der Waals surface area (Å²) in [7, 11) is -4.20. The molecule has 3 aromatic rings. The van der Waals surface area contributed by atoms with Crippen molar-refractivity contribution in [1.29, 1.82) is 0 Å². The van der Waals surface area contributed by atoms with Crippen molar-refractivity contribution < 1.29 is 45.4 Å². The summed E-state index contributed by atoms with van der Waals surface area (Å²) < 4.78 is 74.1. The van der Waals surface area contributed by atoms with Gasteiger partial charge < -0.3 is 19.5 Å². The number of anilines is 2. The monoisotopic (exact) mass is 814 g/mol. The predicted molar refractivity (Wildman–Crippen MR) is 206 cm³/mol. The zero-order valence-electron chi connectivity index (χ0n) is 29.8. The molecule has 1 saturated heterocycles. The van der Waals surface area contributed by atoms with Gasteiger partial charge >= 0.3 is 5.97 Å². The summed E-state index contributed by atoms with van der Waals surface area (Å²) in [5.74, 6) is -0.922. The van der Waals surface area contributed by atoms with Crippen LogP contribution in [0.5, 0.6) is 11.5 Å². The van der Waals surface area contributed by atoms with Crippen molar-refractivity contribution in [1.82, 2.24) is 9.80 Å². The zero-order valence-corrected chi connectivity index (χ0v) is 32.9. The second-order valence-electron chi connectivity index (χ2n) is 12.1. The lowest BCUT2D eigenvalue weighted by atomic mass is 10.1. The lowest BCUT2D eigenvalue weighted by molar-refractivity contribution is -0.132. The van der Waals surface area contributed by atoms with Gasteiger partial charge in [-0.25, -0.2) is 26.0 Å². The fraction of sp³-hybridized carbons (Fsp3) is 0.314. The molecule has 3 aromatic carbocycles. The van der Waals surface area contributed by atoms with E-state index in [9.17, 15) is 30.8 Å². The standard InChI is InChI=1S/C24H29ClFN3O4S.C11H12ClNO5S/c1-16-14-29(17(2)13-28(16)15-18-5-8-20(26)9-6-18)24(30)10-7-19-11-23(33-3)21(25)12-22(19)27-34(4,31)32;1-18-10-5-7(3-4-11(14)15)9(6-8(10)12)13-19(2,16)17/h5-12,16-17,27H,13-15H2,1-4H3;3-6,13H,1-2H3,(H,14,15)/b10-7+;4-3+/t16-,17+;/m0./s1. The van der Waals surface area contributed by atoms with Gasteiger partial charge in [0.15, 0.2) is 0 Å². The minimum atomic E-state index is -3.55. The Balaban J connectivity index is 0.000000337. The van der Waals surface area contributed by atoms with E-state index in [1.807, 2.05) is 6.92 Å². The second kappa shape index (κ2) is 18.6. The van der Waals surface area contributed by atoms with Crippen molar-refractivity contribution in [3.8, 4) is 11.5 Å². The predicted octanol–water partition coefficient (Wildman–Crippen LogP) is 5.81. The second-order valence-corrected chi connectivity index (χ2v) is 16.5. The number of carboxylic acid groups (broad SMARTS) is 1. The van der Waals surface area contributed by atoms with Gasteiger partial charge in [-0.3, -0.25) is 19.1 Å². The Labute approximate surface area is 319 Å². The van der Waals surface area contributed by atoms with Crippen molar-refractivity contribution in [3.63, 3.8) is 0 Å². The zero-order chi connectivity index (χ0) is 39.7. The number of hydrogen-bond acceptors (Lipinski definition) is 9. The number of carboxylic acids is 1. The Kier molecular flexibility index (Phi) is 15.1. The van der Waals surface area contributed by atoms with Gasteiger partial charge in [-0.15, -0.1) is 0 Å². The molecule has 0 bridgehead atoms. The molecule has 1 amide bonds. The van der Waals surface area contributed by atoms with Crippen LogP contribution in [0.3, 0.4) is 0 Å². The minimum absolute atomic E-state index is 0.0397. The SMILES string of the molecule is COc1cc(/C=C/C(=O)N2C[C@H](C)N(Cc3ccc(F)cc3)C[C@H]2C)c(NS(C)(=O)=O)cc1Cl.COc1cc(/C=C/C(=O)O)c(NS(C)(=O)=O)cc1Cl. The Morgan fingerprint density at radius 1 is 0.830 bits per heavy atom. The Bertz CT molecular complexity index is 2080. The smallest absolute Gasteiger partial charge is 0.328 e. The molecule has 0 aromatic heterocycles. The molecule has 288 valence electrons. The maximum absolute atomic E-state index is 13.2. The molecule has 1 heterocycles. The third kappa shape index (κ3) is 13.5. The molecule has 1 aliphatic rings. The normalized spacial score (nSPS) is 16.6. The van der Waals surface area contributed by atoms with E-state index in [-0.39, 0.29) is 45.2 Å². The quantitative estimate of drug-likeness (QED) is 0.190. The number of carbonyl (C=O) groups is 2. The highest BCUT2D eigenvalue weighted by molar-refractivity contribution is 7.92. The third-order valence-corrected chi connectivity index (χ3v) is 9.52. The maximum atomic E-state index is 13.2. The first-order valence-corrected chi connectivity index (χ1v) is 20.3. The van der Waals surface area contributed by atoms with Gasteiger partial charge in [-0.05, 0) is 68.0 Å². The topological polar surface area (TPSA) is 172 Å². The van der Waals surface area contributed by atoms with Crippen molar-refractivity contribution >= 4 is 78.7 Å². The number of rotatable bonds is 12. The molecule has 0 unspecified atom stereocenters. The minimum Gasteiger partial charge on any atom is -0.495 e. The molecule has 13 nitrogen and oxygen atoms in total. The van der Waals surface area contributed by atoms with Crippen LogP contribution in [0.15, 0.2) is 60.7 Å². The maximum Gasteiger partial charge on any atom is 0.328 e. The molecule has 3 N–H and O–H groups in total. The summed E-state index contributed by atoms with van der Waals surface area (Å²) >= 11 is 12.0. The number of nitrogens with one attached hydrogen (secondary N) is 2. The average molecular weight is 816 g/mol. The van der Waals surface area contributed by atoms with Gasteiger partial charge in [0.2, 0.25) is 26.0 Å². The number of amides is 1. The molecule has 18 heteroatoms. The van der Waals surface area contributed by atoms with E-state index in [1.165, 1.54) is 56.7 Å². The Morgan fingerprint density at radius 2 is 1.30 bits per heavy atom. The van der Waals surface area contributed by atoms with E-state index in [1.54, 1.807) is 29.2 Å². The first kappa shape index (κ1) is 43.1. The number of benzene rings is 3. The number of aliphatic carboxylic acids is 1. The molecule has 0 spiro atoms. The molecular weight excluding hydrogens is 774 g/mol. The fourth-order valence-electron chi connectivity index (χ4n) is 5.27. The summed E-state index contributed by atoms with van der Waals surface area (Å²) in [5.41, 5.74) is 2.22. The van der Waals surface area contributed by atoms with Gasteiger partial charge in [0, 0.05) is 55.0 Å². The number of ether oxygens (including phenoxy) is 2. The Hall–Kier alpha value is -4.35. The summed E-state index contributed by atoms with van der Waals surface area (Å²) in [6, 6.07) is 12.3. The fourth-order valence-corrected chi connectivity index (χ4v) is 6.90. The lowest BCUT2D eigenvalue weighted by Gasteiger charge is -2.44.